The summed E-state index contributed by atoms with van der Waals surface area (Å²) >= 11 is 0. The highest BCUT2D eigenvalue weighted by Gasteiger charge is 2.61. The molecule has 1 saturated heterocycles. The van der Waals surface area contributed by atoms with Crippen LogP contribution in [0.1, 0.15) is 98.4 Å². The molecular weight excluding hydrogens is 766 g/mol. The van der Waals surface area contributed by atoms with Gasteiger partial charge in [-0.05, 0) is 90.0 Å². The lowest BCUT2D eigenvalue weighted by atomic mass is 9.90. The number of amides is 2. The average Bonchev–Trinajstić information content (AvgIpc) is 3.45. The van der Waals surface area contributed by atoms with E-state index >= 15 is 0 Å². The molecule has 1 saturated carbocycles. The molecule has 314 valence electrons. The fourth-order valence-electron chi connectivity index (χ4n) is 8.24. The van der Waals surface area contributed by atoms with E-state index in [4.69, 9.17) is 14.5 Å². The number of rotatable bonds is 9. The van der Waals surface area contributed by atoms with E-state index in [1.807, 2.05) is 54.8 Å². The minimum Gasteiger partial charge on any atom is -0.460 e. The quantitative estimate of drug-likeness (QED) is 0.187. The molecule has 3 aliphatic rings. The van der Waals surface area contributed by atoms with Gasteiger partial charge in [0.2, 0.25) is 11.8 Å². The first-order valence-electron chi connectivity index (χ1n) is 20.2. The topological polar surface area (TPSA) is 157 Å². The van der Waals surface area contributed by atoms with Crippen LogP contribution in [-0.2, 0) is 34.1 Å². The van der Waals surface area contributed by atoms with Crippen LogP contribution in [0, 0.1) is 23.1 Å². The van der Waals surface area contributed by atoms with E-state index in [2.05, 4.69) is 4.72 Å². The lowest BCUT2D eigenvalue weighted by Gasteiger charge is -2.29. The van der Waals surface area contributed by atoms with Crippen LogP contribution >= 0.6 is 0 Å². The van der Waals surface area contributed by atoms with Crippen LogP contribution in [0.15, 0.2) is 54.6 Å². The van der Waals surface area contributed by atoms with Crippen molar-refractivity contribution in [2.45, 2.75) is 116 Å². The van der Waals surface area contributed by atoms with Gasteiger partial charge in [0.15, 0.2) is 5.78 Å². The van der Waals surface area contributed by atoms with Gasteiger partial charge in [-0.1, -0.05) is 49.3 Å². The molecule has 3 aromatic rings. The Morgan fingerprint density at radius 1 is 1.09 bits per heavy atom. The number of carbonyl (C=O) groups is 4. The summed E-state index contributed by atoms with van der Waals surface area (Å²) in [7, 11) is -1.53. The second kappa shape index (κ2) is 16.9. The molecule has 2 fully saturated rings. The van der Waals surface area contributed by atoms with Crippen LogP contribution in [0.4, 0.5) is 4.39 Å². The largest absolute Gasteiger partial charge is 0.460 e. The molecule has 0 spiro atoms. The zero-order chi connectivity index (χ0) is 42.2. The molecule has 2 aliphatic heterocycles. The number of ketones is 1. The molecule has 1 aliphatic carbocycles. The molecule has 0 bridgehead atoms. The number of para-hydroxylation sites is 1. The van der Waals surface area contributed by atoms with E-state index in [0.29, 0.717) is 35.9 Å². The summed E-state index contributed by atoms with van der Waals surface area (Å²) in [4.78, 5) is 62.7. The molecule has 2 aromatic carbocycles. The third kappa shape index (κ3) is 9.46. The van der Waals surface area contributed by atoms with Crippen molar-refractivity contribution >= 4 is 44.8 Å². The summed E-state index contributed by atoms with van der Waals surface area (Å²) in [6, 6.07) is 11.0. The van der Waals surface area contributed by atoms with Crippen molar-refractivity contribution in [1.82, 2.24) is 23.5 Å². The number of halogens is 1. The summed E-state index contributed by atoms with van der Waals surface area (Å²) in [5.41, 5.74) is 0.640. The average molecular weight is 822 g/mol. The second-order valence-corrected chi connectivity index (χ2v) is 19.3. The van der Waals surface area contributed by atoms with Gasteiger partial charge < -0.3 is 14.4 Å². The van der Waals surface area contributed by atoms with Gasteiger partial charge in [-0.3, -0.25) is 23.7 Å². The first-order chi connectivity index (χ1) is 27.3. The minimum atomic E-state index is -4.15. The lowest BCUT2D eigenvalue weighted by molar-refractivity contribution is -0.159. The first kappa shape index (κ1) is 43.0. The number of nitrogens with zero attached hydrogens (tertiary/aromatic N) is 4. The maximum absolute atomic E-state index is 14.7. The Morgan fingerprint density at radius 3 is 2.52 bits per heavy atom. The van der Waals surface area contributed by atoms with Gasteiger partial charge in [0.25, 0.3) is 6.01 Å². The zero-order valence-electron chi connectivity index (χ0n) is 34.5. The molecule has 15 heteroatoms. The van der Waals surface area contributed by atoms with Crippen LogP contribution < -0.4 is 9.46 Å². The number of nitrogens with one attached hydrogen (secondary N) is 1. The number of hydrogen-bond acceptors (Lipinski definition) is 9. The van der Waals surface area contributed by atoms with Crippen molar-refractivity contribution in [3.63, 3.8) is 0 Å². The monoisotopic (exact) mass is 821 g/mol. The normalized spacial score (nSPS) is 25.2. The third-order valence-electron chi connectivity index (χ3n) is 11.3. The van der Waals surface area contributed by atoms with Crippen LogP contribution in [0.25, 0.3) is 22.2 Å². The Kier molecular flexibility index (Phi) is 12.5. The van der Waals surface area contributed by atoms with Crippen molar-refractivity contribution in [2.75, 3.05) is 20.6 Å². The molecule has 1 aromatic heterocycles. The van der Waals surface area contributed by atoms with Crippen LogP contribution in [0.5, 0.6) is 6.01 Å². The number of allylic oxidation sites excluding steroid dienone is 2. The number of carbonyl (C=O) groups excluding carboxylic acids is 4. The fourth-order valence-corrected chi connectivity index (χ4v) is 8.86. The van der Waals surface area contributed by atoms with E-state index in [0.717, 1.165) is 22.7 Å². The van der Waals surface area contributed by atoms with Gasteiger partial charge in [-0.25, -0.2) is 9.11 Å². The summed E-state index contributed by atoms with van der Waals surface area (Å²) in [5, 5.41) is 0. The van der Waals surface area contributed by atoms with Crippen LogP contribution in [0.2, 0.25) is 0 Å². The molecule has 5 atom stereocenters. The lowest BCUT2D eigenvalue weighted by Crippen LogP contribution is -2.47. The molecule has 1 N–H and O–H groups in total. The summed E-state index contributed by atoms with van der Waals surface area (Å²) in [6.07, 6.45) is 6.45. The van der Waals surface area contributed by atoms with Gasteiger partial charge in [0, 0.05) is 44.5 Å². The van der Waals surface area contributed by atoms with E-state index in [1.165, 1.54) is 31.1 Å². The molecule has 58 heavy (non-hydrogen) atoms. The number of imidazole rings is 1. The highest BCUT2D eigenvalue weighted by atomic mass is 32.2. The number of hydrogen-bond donors (Lipinski definition) is 1. The SMILES string of the molecule is CC(C)n1c(O[C@@H]2C[C@H]3C(=O)C[C@]4(C(=O)NS(=O)(=O)N(C)C)C[C@H]4/C=C\CCCCC[C@H](CC(=O)OC(C)(C)C)C(=O)N3C2)nc2c(-c3cccc(F)c3)cccc21. The van der Waals surface area contributed by atoms with Crippen LogP contribution in [0.3, 0.4) is 0 Å². The third-order valence-corrected chi connectivity index (χ3v) is 12.7. The number of benzene rings is 2. The van der Waals surface area contributed by atoms with Gasteiger partial charge >= 0.3 is 16.2 Å². The Morgan fingerprint density at radius 2 is 1.83 bits per heavy atom. The second-order valence-electron chi connectivity index (χ2n) is 17.4. The molecule has 0 unspecified atom stereocenters. The highest BCUT2D eigenvalue weighted by Crippen LogP contribution is 2.57. The summed E-state index contributed by atoms with van der Waals surface area (Å²) in [5.74, 6) is -3.57. The molecular formula is C43H56FN5O8S. The van der Waals surface area contributed by atoms with E-state index < -0.39 is 56.9 Å². The molecule has 3 heterocycles. The summed E-state index contributed by atoms with van der Waals surface area (Å²) in [6.45, 7) is 9.27. The van der Waals surface area contributed by atoms with Gasteiger partial charge in [0.1, 0.15) is 23.0 Å². The standard InChI is InChI=1S/C43H56FN5O8S/c1-27(2)49-34-20-14-19-33(28-16-13-18-31(44)21-28)38(34)45-41(49)56-32-23-35-36(50)25-43(40(53)46-58(54,55)47(6)7)24-30(43)17-12-10-8-9-11-15-29(39(52)48(35)26-32)22-37(51)57-42(3,4)5/h12-14,16-21,27,29-30,32,35H,8-11,15,22-26H2,1-7H3,(H,46,53)/b17-12-/t29-,30-,32-,35+,43-/m1/s1. The Bertz CT molecular complexity index is 2190. The van der Waals surface area contributed by atoms with E-state index in [-0.39, 0.29) is 61.9 Å². The van der Waals surface area contributed by atoms with Crippen LogP contribution in [-0.4, -0.2) is 89.1 Å². The molecule has 2 amide bonds. The number of aromatic nitrogens is 2. The van der Waals surface area contributed by atoms with Gasteiger partial charge in [0.05, 0.1) is 29.9 Å². The maximum Gasteiger partial charge on any atom is 0.307 e. The minimum absolute atomic E-state index is 0.00957. The fraction of sp³-hybridized carbons (Fsp3) is 0.558. The van der Waals surface area contributed by atoms with Crippen molar-refractivity contribution in [1.29, 1.82) is 0 Å². The molecule has 13 nitrogen and oxygen atoms in total. The maximum atomic E-state index is 14.7. The highest BCUT2D eigenvalue weighted by molar-refractivity contribution is 7.87. The first-order valence-corrected chi connectivity index (χ1v) is 21.6. The Balaban J connectivity index is 1.36. The smallest absolute Gasteiger partial charge is 0.307 e. The van der Waals surface area contributed by atoms with Crippen molar-refractivity contribution < 1.29 is 41.5 Å². The van der Waals surface area contributed by atoms with E-state index in [1.54, 1.807) is 26.8 Å². The van der Waals surface area contributed by atoms with E-state index in [9.17, 15) is 32.0 Å². The zero-order valence-corrected chi connectivity index (χ0v) is 35.3. The number of Topliss-reactive ketones (excluding diaryl/α,β-unsaturated/α-hetero) is 1. The number of ether oxygens (including phenoxy) is 2. The van der Waals surface area contributed by atoms with Gasteiger partial charge in [-0.2, -0.15) is 17.7 Å². The molecule has 6 rings (SSSR count). The Hall–Kier alpha value is -4.63. The summed E-state index contributed by atoms with van der Waals surface area (Å²) < 4.78 is 57.2. The number of esters is 1. The van der Waals surface area contributed by atoms with Crippen molar-refractivity contribution in [3.05, 3.63) is 60.4 Å². The van der Waals surface area contributed by atoms with Crippen molar-refractivity contribution in [2.24, 2.45) is 17.3 Å². The predicted molar refractivity (Wildman–Crippen MR) is 217 cm³/mol. The number of fused-ring (bicyclic) bond motifs is 3. The Labute approximate surface area is 340 Å². The predicted octanol–water partition coefficient (Wildman–Crippen LogP) is 6.53. The molecule has 0 radical (unpaired) electrons. The van der Waals surface area contributed by atoms with Gasteiger partial charge in [-0.15, -0.1) is 0 Å². The van der Waals surface area contributed by atoms with Crippen molar-refractivity contribution in [3.8, 4) is 17.1 Å².